The zero-order valence-corrected chi connectivity index (χ0v) is 11.6. The second-order valence-electron chi connectivity index (χ2n) is 5.43. The van der Waals surface area contributed by atoms with Crippen molar-refractivity contribution < 1.29 is 0 Å². The molecule has 1 aliphatic rings. The Morgan fingerprint density at radius 3 is 2.65 bits per heavy atom. The van der Waals surface area contributed by atoms with Crippen LogP contribution < -0.4 is 0 Å². The van der Waals surface area contributed by atoms with Crippen LogP contribution in [0.1, 0.15) is 37.7 Å². The van der Waals surface area contributed by atoms with Crippen LogP contribution in [0.15, 0.2) is 18.3 Å². The number of aromatic nitrogens is 1. The fourth-order valence-corrected chi connectivity index (χ4v) is 2.95. The van der Waals surface area contributed by atoms with Crippen molar-refractivity contribution in [2.45, 2.75) is 38.1 Å². The highest BCUT2D eigenvalue weighted by atomic mass is 35.5. The SMILES string of the molecule is CC1CCC(N(C)C)CC1c1ccc(Cl)nc1. The minimum absolute atomic E-state index is 0.585. The van der Waals surface area contributed by atoms with Gasteiger partial charge in [0.15, 0.2) is 0 Å². The first-order valence-electron chi connectivity index (χ1n) is 6.36. The van der Waals surface area contributed by atoms with E-state index in [0.717, 1.165) is 5.92 Å². The zero-order chi connectivity index (χ0) is 12.4. The van der Waals surface area contributed by atoms with Gasteiger partial charge in [0.05, 0.1) is 0 Å². The standard InChI is InChI=1S/C14H21ClN2/c1-10-4-6-12(17(2)3)8-13(10)11-5-7-14(15)16-9-11/h5,7,9-10,12-13H,4,6,8H2,1-3H3. The molecular weight excluding hydrogens is 232 g/mol. The molecule has 0 N–H and O–H groups in total. The van der Waals surface area contributed by atoms with Crippen LogP contribution >= 0.6 is 11.6 Å². The van der Waals surface area contributed by atoms with Crippen molar-refractivity contribution in [2.24, 2.45) is 5.92 Å². The minimum Gasteiger partial charge on any atom is -0.306 e. The third kappa shape index (κ3) is 2.99. The Morgan fingerprint density at radius 2 is 2.06 bits per heavy atom. The van der Waals surface area contributed by atoms with Crippen LogP contribution in [0, 0.1) is 5.92 Å². The predicted molar refractivity (Wildman–Crippen MR) is 72.5 cm³/mol. The summed E-state index contributed by atoms with van der Waals surface area (Å²) in [6.45, 7) is 2.35. The van der Waals surface area contributed by atoms with Crippen LogP contribution in [0.5, 0.6) is 0 Å². The van der Waals surface area contributed by atoms with Crippen molar-refractivity contribution in [3.63, 3.8) is 0 Å². The normalized spacial score (nSPS) is 29.6. The van der Waals surface area contributed by atoms with E-state index >= 15 is 0 Å². The highest BCUT2D eigenvalue weighted by Gasteiger charge is 2.29. The molecule has 0 amide bonds. The second kappa shape index (κ2) is 5.36. The maximum Gasteiger partial charge on any atom is 0.129 e. The van der Waals surface area contributed by atoms with Crippen molar-refractivity contribution in [2.75, 3.05) is 14.1 Å². The van der Waals surface area contributed by atoms with Crippen LogP contribution in [0.4, 0.5) is 0 Å². The Labute approximate surface area is 109 Å². The molecule has 3 unspecified atom stereocenters. The van der Waals surface area contributed by atoms with Gasteiger partial charge in [0.1, 0.15) is 5.15 Å². The van der Waals surface area contributed by atoms with Crippen molar-refractivity contribution >= 4 is 11.6 Å². The van der Waals surface area contributed by atoms with Crippen LogP contribution in [0.2, 0.25) is 5.15 Å². The van der Waals surface area contributed by atoms with Crippen molar-refractivity contribution in [3.8, 4) is 0 Å². The van der Waals surface area contributed by atoms with Gasteiger partial charge in [-0.25, -0.2) is 4.98 Å². The third-order valence-corrected chi connectivity index (χ3v) is 4.30. The molecule has 3 atom stereocenters. The highest BCUT2D eigenvalue weighted by Crippen LogP contribution is 2.38. The van der Waals surface area contributed by atoms with Gasteiger partial charge in [0, 0.05) is 12.2 Å². The lowest BCUT2D eigenvalue weighted by atomic mass is 9.74. The monoisotopic (exact) mass is 252 g/mol. The van der Waals surface area contributed by atoms with E-state index in [4.69, 9.17) is 11.6 Å². The van der Waals surface area contributed by atoms with E-state index < -0.39 is 0 Å². The molecule has 0 bridgehead atoms. The largest absolute Gasteiger partial charge is 0.306 e. The molecule has 2 nitrogen and oxygen atoms in total. The Balaban J connectivity index is 2.15. The molecule has 1 saturated carbocycles. The number of pyridine rings is 1. The molecule has 17 heavy (non-hydrogen) atoms. The van der Waals surface area contributed by atoms with E-state index in [1.807, 2.05) is 12.3 Å². The lowest BCUT2D eigenvalue weighted by Gasteiger charge is -2.37. The summed E-state index contributed by atoms with van der Waals surface area (Å²) in [5.41, 5.74) is 1.34. The molecule has 0 radical (unpaired) electrons. The Morgan fingerprint density at radius 1 is 1.29 bits per heavy atom. The molecule has 0 aromatic carbocycles. The lowest BCUT2D eigenvalue weighted by molar-refractivity contribution is 0.178. The molecule has 1 heterocycles. The summed E-state index contributed by atoms with van der Waals surface area (Å²) >= 11 is 5.85. The fraction of sp³-hybridized carbons (Fsp3) is 0.643. The first-order valence-corrected chi connectivity index (χ1v) is 6.73. The molecule has 1 aromatic rings. The Kier molecular flexibility index (Phi) is 4.05. The van der Waals surface area contributed by atoms with Gasteiger partial charge in [-0.2, -0.15) is 0 Å². The molecular formula is C14H21ClN2. The molecule has 2 rings (SSSR count). The summed E-state index contributed by atoms with van der Waals surface area (Å²) in [6, 6.07) is 4.74. The number of nitrogens with zero attached hydrogens (tertiary/aromatic N) is 2. The summed E-state index contributed by atoms with van der Waals surface area (Å²) in [6.07, 6.45) is 5.79. The molecule has 1 fully saturated rings. The average Bonchev–Trinajstić information content (AvgIpc) is 2.31. The van der Waals surface area contributed by atoms with Gasteiger partial charge < -0.3 is 4.90 Å². The van der Waals surface area contributed by atoms with Crippen molar-refractivity contribution in [3.05, 3.63) is 29.0 Å². The number of halogens is 1. The number of hydrogen-bond acceptors (Lipinski definition) is 2. The van der Waals surface area contributed by atoms with Gasteiger partial charge in [-0.15, -0.1) is 0 Å². The van der Waals surface area contributed by atoms with Gasteiger partial charge in [-0.05, 0) is 56.8 Å². The van der Waals surface area contributed by atoms with E-state index in [-0.39, 0.29) is 0 Å². The van der Waals surface area contributed by atoms with Crippen molar-refractivity contribution in [1.29, 1.82) is 0 Å². The van der Waals surface area contributed by atoms with Gasteiger partial charge in [-0.3, -0.25) is 0 Å². The summed E-state index contributed by atoms with van der Waals surface area (Å²) in [4.78, 5) is 6.56. The average molecular weight is 253 g/mol. The summed E-state index contributed by atoms with van der Waals surface area (Å²) in [5, 5.41) is 0.585. The third-order valence-electron chi connectivity index (χ3n) is 4.08. The summed E-state index contributed by atoms with van der Waals surface area (Å²) in [5.74, 6) is 1.37. The molecule has 3 heteroatoms. The van der Waals surface area contributed by atoms with Crippen LogP contribution in [-0.4, -0.2) is 30.0 Å². The second-order valence-corrected chi connectivity index (χ2v) is 5.82. The van der Waals surface area contributed by atoms with E-state index in [0.29, 0.717) is 17.1 Å². The fourth-order valence-electron chi connectivity index (χ4n) is 2.84. The first-order chi connectivity index (χ1) is 8.08. The van der Waals surface area contributed by atoms with Crippen molar-refractivity contribution in [1.82, 2.24) is 9.88 Å². The highest BCUT2D eigenvalue weighted by molar-refractivity contribution is 6.29. The minimum atomic E-state index is 0.585. The van der Waals surface area contributed by atoms with E-state index in [2.05, 4.69) is 37.0 Å². The van der Waals surface area contributed by atoms with Crippen LogP contribution in [0.25, 0.3) is 0 Å². The Hall–Kier alpha value is -0.600. The smallest absolute Gasteiger partial charge is 0.129 e. The summed E-state index contributed by atoms with van der Waals surface area (Å²) < 4.78 is 0. The first kappa shape index (κ1) is 12.8. The van der Waals surface area contributed by atoms with E-state index in [1.54, 1.807) is 0 Å². The molecule has 1 aromatic heterocycles. The maximum atomic E-state index is 5.85. The molecule has 1 aliphatic carbocycles. The number of hydrogen-bond donors (Lipinski definition) is 0. The lowest BCUT2D eigenvalue weighted by Crippen LogP contribution is -2.35. The molecule has 0 spiro atoms. The van der Waals surface area contributed by atoms with E-state index in [9.17, 15) is 0 Å². The topological polar surface area (TPSA) is 16.1 Å². The predicted octanol–water partition coefficient (Wildman–Crippen LogP) is 3.57. The van der Waals surface area contributed by atoms with E-state index in [1.165, 1.54) is 24.8 Å². The summed E-state index contributed by atoms with van der Waals surface area (Å²) in [7, 11) is 4.36. The number of rotatable bonds is 2. The molecule has 94 valence electrons. The van der Waals surface area contributed by atoms with Gasteiger partial charge in [-0.1, -0.05) is 24.6 Å². The Bertz CT molecular complexity index is 361. The molecule has 0 saturated heterocycles. The molecule has 0 aliphatic heterocycles. The van der Waals surface area contributed by atoms with Crippen LogP contribution in [-0.2, 0) is 0 Å². The quantitative estimate of drug-likeness (QED) is 0.748. The zero-order valence-electron chi connectivity index (χ0n) is 10.9. The van der Waals surface area contributed by atoms with Gasteiger partial charge >= 0.3 is 0 Å². The van der Waals surface area contributed by atoms with Gasteiger partial charge in [0.25, 0.3) is 0 Å². The maximum absolute atomic E-state index is 5.85. The van der Waals surface area contributed by atoms with Gasteiger partial charge in [0.2, 0.25) is 0 Å². The van der Waals surface area contributed by atoms with Crippen LogP contribution in [0.3, 0.4) is 0 Å².